The highest BCUT2D eigenvalue weighted by Gasteiger charge is 2.21. The molecule has 4 heteroatoms. The van der Waals surface area contributed by atoms with Gasteiger partial charge in [-0.25, -0.2) is 0 Å². The zero-order chi connectivity index (χ0) is 17.3. The van der Waals surface area contributed by atoms with Crippen molar-refractivity contribution in [2.24, 2.45) is 11.7 Å². The van der Waals surface area contributed by atoms with E-state index in [0.29, 0.717) is 0 Å². The summed E-state index contributed by atoms with van der Waals surface area (Å²) in [5.74, 6) is 0.858. The number of rotatable bonds is 8. The lowest BCUT2D eigenvalue weighted by Gasteiger charge is -2.37. The van der Waals surface area contributed by atoms with Gasteiger partial charge in [0.15, 0.2) is 0 Å². The zero-order valence-electron chi connectivity index (χ0n) is 15.6. The summed E-state index contributed by atoms with van der Waals surface area (Å²) in [4.78, 5) is 5.28. The molecule has 2 N–H and O–H groups in total. The van der Waals surface area contributed by atoms with Gasteiger partial charge in [0.25, 0.3) is 0 Å². The third-order valence-corrected chi connectivity index (χ3v) is 5.71. The van der Waals surface area contributed by atoms with E-state index in [4.69, 9.17) is 10.5 Å². The molecule has 0 amide bonds. The number of benzene rings is 1. The van der Waals surface area contributed by atoms with Gasteiger partial charge < -0.3 is 20.3 Å². The number of hydrogen-bond acceptors (Lipinski definition) is 4. The van der Waals surface area contributed by atoms with Gasteiger partial charge in [0.05, 0.1) is 0 Å². The van der Waals surface area contributed by atoms with E-state index in [0.717, 1.165) is 32.0 Å². The molecule has 0 saturated carbocycles. The summed E-state index contributed by atoms with van der Waals surface area (Å²) in [6.45, 7) is 9.31. The molecule has 1 aromatic rings. The molecule has 3 rings (SSSR count). The third kappa shape index (κ3) is 6.70. The van der Waals surface area contributed by atoms with Crippen LogP contribution in [-0.2, 0) is 11.2 Å². The Morgan fingerprint density at radius 2 is 1.68 bits per heavy atom. The monoisotopic (exact) mass is 345 g/mol. The predicted octanol–water partition coefficient (Wildman–Crippen LogP) is 2.38. The molecule has 0 radical (unpaired) electrons. The molecule has 0 bridgehead atoms. The van der Waals surface area contributed by atoms with Gasteiger partial charge in [-0.1, -0.05) is 30.3 Å². The van der Waals surface area contributed by atoms with Crippen LogP contribution in [0.2, 0.25) is 0 Å². The normalized spacial score (nSPS) is 22.1. The Hall–Kier alpha value is -0.940. The van der Waals surface area contributed by atoms with Crippen LogP contribution in [0.4, 0.5) is 0 Å². The Labute approximate surface area is 153 Å². The molecule has 2 aliphatic rings. The number of nitrogens with two attached hydrogens (primary N) is 1. The second kappa shape index (κ2) is 10.3. The van der Waals surface area contributed by atoms with Crippen molar-refractivity contribution in [3.8, 4) is 0 Å². The van der Waals surface area contributed by atoms with E-state index in [1.165, 1.54) is 64.1 Å². The molecular weight excluding hydrogens is 310 g/mol. The second-order valence-electron chi connectivity index (χ2n) is 7.79. The Kier molecular flexibility index (Phi) is 7.74. The summed E-state index contributed by atoms with van der Waals surface area (Å²) >= 11 is 0. The molecule has 140 valence electrons. The van der Waals surface area contributed by atoms with Gasteiger partial charge in [0, 0.05) is 52.0 Å². The fraction of sp³-hybridized carbons (Fsp3) is 0.714. The van der Waals surface area contributed by atoms with Crippen LogP contribution in [-0.4, -0.2) is 68.3 Å². The van der Waals surface area contributed by atoms with Crippen LogP contribution in [0.1, 0.15) is 31.2 Å². The maximum absolute atomic E-state index is 6.31. The van der Waals surface area contributed by atoms with Gasteiger partial charge in [-0.2, -0.15) is 0 Å². The van der Waals surface area contributed by atoms with E-state index in [-0.39, 0.29) is 6.04 Å². The van der Waals surface area contributed by atoms with Gasteiger partial charge in [-0.3, -0.25) is 0 Å². The van der Waals surface area contributed by atoms with Gasteiger partial charge in [-0.05, 0) is 50.1 Å². The van der Waals surface area contributed by atoms with Crippen LogP contribution in [0.5, 0.6) is 0 Å². The molecular formula is C21H35N3O. The predicted molar refractivity (Wildman–Crippen MR) is 104 cm³/mol. The molecule has 0 spiro atoms. The van der Waals surface area contributed by atoms with Crippen LogP contribution in [0.15, 0.2) is 30.3 Å². The van der Waals surface area contributed by atoms with Crippen molar-refractivity contribution in [3.63, 3.8) is 0 Å². The fourth-order valence-electron chi connectivity index (χ4n) is 4.09. The van der Waals surface area contributed by atoms with E-state index in [1.54, 1.807) is 0 Å². The van der Waals surface area contributed by atoms with Crippen molar-refractivity contribution in [3.05, 3.63) is 35.9 Å². The molecule has 2 fully saturated rings. The fourth-order valence-corrected chi connectivity index (χ4v) is 4.09. The summed E-state index contributed by atoms with van der Waals surface area (Å²) in [5, 5.41) is 0. The summed E-state index contributed by atoms with van der Waals surface area (Å²) in [6.07, 6.45) is 5.84. The molecule has 0 aromatic heterocycles. The van der Waals surface area contributed by atoms with Crippen LogP contribution in [0, 0.1) is 5.92 Å². The van der Waals surface area contributed by atoms with Gasteiger partial charge >= 0.3 is 0 Å². The van der Waals surface area contributed by atoms with Crippen molar-refractivity contribution in [1.82, 2.24) is 9.80 Å². The highest BCUT2D eigenvalue weighted by Crippen LogP contribution is 2.17. The van der Waals surface area contributed by atoms with Gasteiger partial charge in [0.2, 0.25) is 0 Å². The first kappa shape index (κ1) is 18.8. The van der Waals surface area contributed by atoms with Crippen molar-refractivity contribution < 1.29 is 4.74 Å². The lowest BCUT2D eigenvalue weighted by molar-refractivity contribution is 0.0421. The minimum absolute atomic E-state index is 0.289. The van der Waals surface area contributed by atoms with Crippen LogP contribution < -0.4 is 5.73 Å². The molecule has 1 atom stereocenters. The maximum atomic E-state index is 6.31. The molecule has 1 aromatic carbocycles. The molecule has 0 unspecified atom stereocenters. The second-order valence-corrected chi connectivity index (χ2v) is 7.79. The van der Waals surface area contributed by atoms with E-state index in [1.807, 2.05) is 0 Å². The highest BCUT2D eigenvalue weighted by molar-refractivity contribution is 5.15. The number of hydrogen-bond donors (Lipinski definition) is 1. The Bertz CT molecular complexity index is 467. The SMILES string of the molecule is N[C@@H](CCCN1CCN(CC2CCOCC2)CC1)Cc1ccccc1. The minimum atomic E-state index is 0.289. The summed E-state index contributed by atoms with van der Waals surface area (Å²) < 4.78 is 5.47. The number of ether oxygens (including phenoxy) is 1. The first-order chi connectivity index (χ1) is 12.3. The first-order valence-corrected chi connectivity index (χ1v) is 10.1. The van der Waals surface area contributed by atoms with Crippen molar-refractivity contribution in [1.29, 1.82) is 0 Å². The number of nitrogens with zero attached hydrogens (tertiary/aromatic N) is 2. The van der Waals surface area contributed by atoms with Crippen molar-refractivity contribution in [2.75, 3.05) is 52.5 Å². The Balaban J connectivity index is 1.26. The molecule has 4 nitrogen and oxygen atoms in total. The molecule has 0 aliphatic carbocycles. The molecule has 2 aliphatic heterocycles. The molecule has 2 saturated heterocycles. The standard InChI is InChI=1S/C21H35N3O/c22-21(17-19-5-2-1-3-6-19)7-4-10-23-11-13-24(14-12-23)18-20-8-15-25-16-9-20/h1-3,5-6,20-21H,4,7-18,22H2/t21-/m0/s1. The molecule has 25 heavy (non-hydrogen) atoms. The molecule has 2 heterocycles. The van der Waals surface area contributed by atoms with E-state index >= 15 is 0 Å². The summed E-state index contributed by atoms with van der Waals surface area (Å²) in [6, 6.07) is 10.9. The van der Waals surface area contributed by atoms with Crippen molar-refractivity contribution >= 4 is 0 Å². The van der Waals surface area contributed by atoms with Crippen LogP contribution in [0.25, 0.3) is 0 Å². The first-order valence-electron chi connectivity index (χ1n) is 10.1. The lowest BCUT2D eigenvalue weighted by atomic mass is 9.99. The topological polar surface area (TPSA) is 41.7 Å². The highest BCUT2D eigenvalue weighted by atomic mass is 16.5. The van der Waals surface area contributed by atoms with Crippen molar-refractivity contribution in [2.45, 2.75) is 38.1 Å². The number of piperazine rings is 1. The van der Waals surface area contributed by atoms with Gasteiger partial charge in [0.1, 0.15) is 0 Å². The van der Waals surface area contributed by atoms with Gasteiger partial charge in [-0.15, -0.1) is 0 Å². The Morgan fingerprint density at radius 3 is 2.40 bits per heavy atom. The van der Waals surface area contributed by atoms with E-state index in [9.17, 15) is 0 Å². The Morgan fingerprint density at radius 1 is 1.00 bits per heavy atom. The average Bonchev–Trinajstić information content (AvgIpc) is 2.65. The van der Waals surface area contributed by atoms with E-state index in [2.05, 4.69) is 40.1 Å². The summed E-state index contributed by atoms with van der Waals surface area (Å²) in [7, 11) is 0. The maximum Gasteiger partial charge on any atom is 0.0469 e. The average molecular weight is 346 g/mol. The summed E-state index contributed by atoms with van der Waals surface area (Å²) in [5.41, 5.74) is 7.67. The third-order valence-electron chi connectivity index (χ3n) is 5.71. The zero-order valence-corrected chi connectivity index (χ0v) is 15.6. The smallest absolute Gasteiger partial charge is 0.0469 e. The minimum Gasteiger partial charge on any atom is -0.381 e. The van der Waals surface area contributed by atoms with Crippen LogP contribution in [0.3, 0.4) is 0 Å². The largest absolute Gasteiger partial charge is 0.381 e. The lowest BCUT2D eigenvalue weighted by Crippen LogP contribution is -2.48. The van der Waals surface area contributed by atoms with E-state index < -0.39 is 0 Å². The quantitative estimate of drug-likeness (QED) is 0.785. The van der Waals surface area contributed by atoms with Crippen LogP contribution >= 0.6 is 0 Å².